The van der Waals surface area contributed by atoms with Gasteiger partial charge >= 0.3 is 6.09 Å². The first-order valence-electron chi connectivity index (χ1n) is 6.36. The Kier molecular flexibility index (Phi) is 3.43. The Balaban J connectivity index is 1.99. The minimum Gasteiger partial charge on any atom is -0.444 e. The van der Waals surface area contributed by atoms with Crippen molar-refractivity contribution in [1.82, 2.24) is 9.61 Å². The fourth-order valence-corrected chi connectivity index (χ4v) is 3.01. The van der Waals surface area contributed by atoms with Gasteiger partial charge in [0.25, 0.3) is 0 Å². The summed E-state index contributed by atoms with van der Waals surface area (Å²) in [6, 6.07) is 4.08. The summed E-state index contributed by atoms with van der Waals surface area (Å²) in [6.45, 7) is 1.27. The molecule has 1 fully saturated rings. The van der Waals surface area contributed by atoms with Crippen LogP contribution in [0.2, 0.25) is 0 Å². The Morgan fingerprint density at radius 1 is 1.62 bits per heavy atom. The number of rotatable bonds is 2. The number of nitrogens with two attached hydrogens (primary N) is 1. The number of amides is 1. The first-order valence-corrected chi connectivity index (χ1v) is 7.16. The lowest BCUT2D eigenvalue weighted by Crippen LogP contribution is -2.27. The molecule has 0 aliphatic carbocycles. The van der Waals surface area contributed by atoms with Gasteiger partial charge < -0.3 is 15.4 Å². The standard InChI is InChI=1S/C13H12BrN5O2/c14-9-3-11(12-8(4-15)5-17-19(12)6-9)18-2-1-10(7-18)21-13(16)20/h3,5-6,10H,1-2,7H2,(H2,16,20)/t10-/m0/s1. The fourth-order valence-electron chi connectivity index (χ4n) is 2.60. The van der Waals surface area contributed by atoms with Gasteiger partial charge in [0, 0.05) is 23.6 Å². The molecule has 2 aromatic rings. The number of hydrogen-bond acceptors (Lipinski definition) is 5. The Morgan fingerprint density at radius 3 is 3.14 bits per heavy atom. The summed E-state index contributed by atoms with van der Waals surface area (Å²) in [6.07, 6.45) is 3.06. The number of nitrogens with zero attached hydrogens (tertiary/aromatic N) is 4. The Morgan fingerprint density at radius 2 is 2.43 bits per heavy atom. The molecular weight excluding hydrogens is 338 g/mol. The maximum absolute atomic E-state index is 10.8. The minimum absolute atomic E-state index is 0.227. The van der Waals surface area contributed by atoms with Crippen molar-refractivity contribution in [3.63, 3.8) is 0 Å². The van der Waals surface area contributed by atoms with Crippen molar-refractivity contribution in [2.24, 2.45) is 5.73 Å². The first kappa shape index (κ1) is 13.7. The highest BCUT2D eigenvalue weighted by molar-refractivity contribution is 9.10. The van der Waals surface area contributed by atoms with Crippen LogP contribution in [0.15, 0.2) is 22.9 Å². The van der Waals surface area contributed by atoms with Crippen molar-refractivity contribution in [2.45, 2.75) is 12.5 Å². The van der Waals surface area contributed by atoms with Crippen LogP contribution in [0, 0.1) is 11.3 Å². The van der Waals surface area contributed by atoms with Crippen LogP contribution in [0.5, 0.6) is 0 Å². The highest BCUT2D eigenvalue weighted by atomic mass is 79.9. The van der Waals surface area contributed by atoms with Crippen molar-refractivity contribution in [1.29, 1.82) is 5.26 Å². The lowest BCUT2D eigenvalue weighted by Gasteiger charge is -2.20. The first-order chi connectivity index (χ1) is 10.1. The maximum Gasteiger partial charge on any atom is 0.404 e. The van der Waals surface area contributed by atoms with Gasteiger partial charge in [0.2, 0.25) is 0 Å². The number of hydrogen-bond donors (Lipinski definition) is 1. The van der Waals surface area contributed by atoms with E-state index in [4.69, 9.17) is 10.5 Å². The number of carbonyl (C=O) groups excluding carboxylic acids is 1. The molecule has 3 heterocycles. The van der Waals surface area contributed by atoms with Crippen molar-refractivity contribution >= 4 is 33.2 Å². The number of anilines is 1. The van der Waals surface area contributed by atoms with Crippen molar-refractivity contribution in [3.05, 3.63) is 28.5 Å². The van der Waals surface area contributed by atoms with Crippen LogP contribution >= 0.6 is 15.9 Å². The second-order valence-corrected chi connectivity index (χ2v) is 5.72. The molecule has 0 bridgehead atoms. The second kappa shape index (κ2) is 5.26. The van der Waals surface area contributed by atoms with E-state index in [0.29, 0.717) is 18.5 Å². The van der Waals surface area contributed by atoms with Gasteiger partial charge in [-0.3, -0.25) is 0 Å². The van der Waals surface area contributed by atoms with E-state index < -0.39 is 6.09 Å². The van der Waals surface area contributed by atoms with E-state index in [1.807, 2.05) is 6.07 Å². The lowest BCUT2D eigenvalue weighted by atomic mass is 10.2. The Hall–Kier alpha value is -2.27. The Bertz CT molecular complexity index is 751. The smallest absolute Gasteiger partial charge is 0.404 e. The third-order valence-corrected chi connectivity index (χ3v) is 3.88. The molecule has 8 heteroatoms. The minimum atomic E-state index is -0.761. The van der Waals surface area contributed by atoms with Gasteiger partial charge in [-0.1, -0.05) is 0 Å². The molecule has 0 aromatic carbocycles. The molecule has 1 amide bonds. The van der Waals surface area contributed by atoms with Gasteiger partial charge in [0.15, 0.2) is 0 Å². The zero-order valence-corrected chi connectivity index (χ0v) is 12.6. The molecule has 3 rings (SSSR count). The SMILES string of the molecule is N#Cc1cnn2cc(Br)cc(N3CC[C@H](OC(N)=O)C3)c12. The molecular formula is C13H12BrN5O2. The third-order valence-electron chi connectivity index (χ3n) is 3.45. The number of fused-ring (bicyclic) bond motifs is 1. The van der Waals surface area contributed by atoms with Gasteiger partial charge in [0.1, 0.15) is 17.7 Å². The zero-order valence-electron chi connectivity index (χ0n) is 11.0. The molecule has 1 atom stereocenters. The summed E-state index contributed by atoms with van der Waals surface area (Å²) in [5.74, 6) is 0. The molecule has 1 aliphatic heterocycles. The van der Waals surface area contributed by atoms with Gasteiger partial charge in [-0.05, 0) is 22.0 Å². The van der Waals surface area contributed by atoms with Crippen molar-refractivity contribution in [2.75, 3.05) is 18.0 Å². The second-order valence-electron chi connectivity index (χ2n) is 4.80. The zero-order chi connectivity index (χ0) is 15.0. The molecule has 0 radical (unpaired) electrons. The van der Waals surface area contributed by atoms with Crippen molar-refractivity contribution < 1.29 is 9.53 Å². The largest absolute Gasteiger partial charge is 0.444 e. The molecule has 1 saturated heterocycles. The van der Waals surface area contributed by atoms with Crippen LogP contribution in [0.3, 0.4) is 0 Å². The van der Waals surface area contributed by atoms with Crippen LogP contribution in [0.4, 0.5) is 10.5 Å². The molecule has 0 unspecified atom stereocenters. The molecule has 108 valence electrons. The summed E-state index contributed by atoms with van der Waals surface area (Å²) in [4.78, 5) is 12.9. The number of nitriles is 1. The molecule has 2 aromatic heterocycles. The summed E-state index contributed by atoms with van der Waals surface area (Å²) in [5.41, 5.74) is 7.20. The number of carbonyl (C=O) groups is 1. The van der Waals surface area contributed by atoms with E-state index in [1.54, 1.807) is 16.9 Å². The molecule has 0 spiro atoms. The maximum atomic E-state index is 10.8. The molecule has 0 saturated carbocycles. The fraction of sp³-hybridized carbons (Fsp3) is 0.308. The van der Waals surface area contributed by atoms with Crippen LogP contribution in [0.25, 0.3) is 5.52 Å². The summed E-state index contributed by atoms with van der Waals surface area (Å²) in [7, 11) is 0. The summed E-state index contributed by atoms with van der Waals surface area (Å²) < 4.78 is 7.57. The van der Waals surface area contributed by atoms with Crippen molar-refractivity contribution in [3.8, 4) is 6.07 Å². The molecule has 2 N–H and O–H groups in total. The topological polar surface area (TPSA) is 96.7 Å². The quantitative estimate of drug-likeness (QED) is 0.888. The van der Waals surface area contributed by atoms with Gasteiger partial charge in [-0.2, -0.15) is 10.4 Å². The summed E-state index contributed by atoms with van der Waals surface area (Å²) in [5, 5.41) is 13.4. The van der Waals surface area contributed by atoms with Crippen LogP contribution in [0.1, 0.15) is 12.0 Å². The normalized spacial score (nSPS) is 17.9. The van der Waals surface area contributed by atoms with Gasteiger partial charge in [0.05, 0.1) is 24.0 Å². The average molecular weight is 350 g/mol. The number of aromatic nitrogens is 2. The monoisotopic (exact) mass is 349 g/mol. The van der Waals surface area contributed by atoms with Crippen LogP contribution in [-0.4, -0.2) is 34.9 Å². The van der Waals surface area contributed by atoms with E-state index >= 15 is 0 Å². The third kappa shape index (κ3) is 2.52. The van der Waals surface area contributed by atoms with Gasteiger partial charge in [-0.15, -0.1) is 0 Å². The number of ether oxygens (including phenoxy) is 1. The van der Waals surface area contributed by atoms with E-state index in [1.165, 1.54) is 0 Å². The van der Waals surface area contributed by atoms with E-state index in [0.717, 1.165) is 22.2 Å². The molecule has 7 nitrogen and oxygen atoms in total. The highest BCUT2D eigenvalue weighted by Crippen LogP contribution is 2.31. The van der Waals surface area contributed by atoms with Crippen LogP contribution in [-0.2, 0) is 4.74 Å². The van der Waals surface area contributed by atoms with Gasteiger partial charge in [-0.25, -0.2) is 9.31 Å². The number of pyridine rings is 1. The predicted octanol–water partition coefficient (Wildman–Crippen LogP) is 1.64. The highest BCUT2D eigenvalue weighted by Gasteiger charge is 2.27. The van der Waals surface area contributed by atoms with Crippen LogP contribution < -0.4 is 10.6 Å². The number of primary amides is 1. The molecule has 21 heavy (non-hydrogen) atoms. The van der Waals surface area contributed by atoms with E-state index in [-0.39, 0.29) is 6.10 Å². The lowest BCUT2D eigenvalue weighted by molar-refractivity contribution is 0.117. The Labute approximate surface area is 129 Å². The number of halogens is 1. The van der Waals surface area contributed by atoms with E-state index in [9.17, 15) is 10.1 Å². The predicted molar refractivity (Wildman–Crippen MR) is 78.9 cm³/mol. The average Bonchev–Trinajstić information content (AvgIpc) is 3.03. The summed E-state index contributed by atoms with van der Waals surface area (Å²) >= 11 is 3.44. The molecule has 1 aliphatic rings. The van der Waals surface area contributed by atoms with E-state index in [2.05, 4.69) is 32.0 Å².